The summed E-state index contributed by atoms with van der Waals surface area (Å²) in [5, 5.41) is 14.8. The van der Waals surface area contributed by atoms with Gasteiger partial charge in [-0.25, -0.2) is 4.68 Å². The van der Waals surface area contributed by atoms with E-state index in [9.17, 15) is 4.79 Å². The summed E-state index contributed by atoms with van der Waals surface area (Å²) in [6, 6.07) is 1.42. The van der Waals surface area contributed by atoms with Crippen molar-refractivity contribution < 1.29 is 4.79 Å². The summed E-state index contributed by atoms with van der Waals surface area (Å²) in [5.41, 5.74) is 0.457. The summed E-state index contributed by atoms with van der Waals surface area (Å²) in [7, 11) is 0. The molecule has 2 aliphatic heterocycles. The standard InChI is InChI=1S/C19H32N6O/c26-19(18-14-25(23-22-18)17-6-10-20-11-7-17)21-15-8-12-24(13-9-15)16-4-2-1-3-5-16/h14-17,20H,1-13H2,(H,21,26). The number of carbonyl (C=O) groups is 1. The Bertz CT molecular complexity index is 583. The maximum Gasteiger partial charge on any atom is 0.273 e. The topological polar surface area (TPSA) is 75.1 Å². The quantitative estimate of drug-likeness (QED) is 0.855. The Balaban J connectivity index is 1.25. The fourth-order valence-corrected chi connectivity index (χ4v) is 4.74. The largest absolute Gasteiger partial charge is 0.348 e. The van der Waals surface area contributed by atoms with Crippen molar-refractivity contribution in [1.82, 2.24) is 30.5 Å². The molecule has 3 heterocycles. The average molecular weight is 361 g/mol. The Hall–Kier alpha value is -1.47. The number of hydrogen-bond acceptors (Lipinski definition) is 5. The third kappa shape index (κ3) is 4.26. The van der Waals surface area contributed by atoms with E-state index in [1.54, 1.807) is 0 Å². The maximum absolute atomic E-state index is 12.5. The summed E-state index contributed by atoms with van der Waals surface area (Å²) >= 11 is 0. The average Bonchev–Trinajstić information content (AvgIpc) is 3.20. The molecule has 144 valence electrons. The van der Waals surface area contributed by atoms with E-state index in [2.05, 4.69) is 25.8 Å². The second kappa shape index (κ2) is 8.48. The fourth-order valence-electron chi connectivity index (χ4n) is 4.74. The van der Waals surface area contributed by atoms with Crippen LogP contribution in [0.3, 0.4) is 0 Å². The summed E-state index contributed by atoms with van der Waals surface area (Å²) < 4.78 is 1.88. The van der Waals surface area contributed by atoms with E-state index in [-0.39, 0.29) is 11.9 Å². The van der Waals surface area contributed by atoms with E-state index >= 15 is 0 Å². The molecule has 1 amide bonds. The molecule has 4 rings (SSSR count). The van der Waals surface area contributed by atoms with Crippen molar-refractivity contribution in [2.24, 2.45) is 0 Å². The Morgan fingerprint density at radius 3 is 2.46 bits per heavy atom. The van der Waals surface area contributed by atoms with Crippen LogP contribution in [-0.4, -0.2) is 64.1 Å². The minimum absolute atomic E-state index is 0.0682. The van der Waals surface area contributed by atoms with Gasteiger partial charge < -0.3 is 15.5 Å². The van der Waals surface area contributed by atoms with Crippen LogP contribution in [0.25, 0.3) is 0 Å². The molecule has 3 fully saturated rings. The molecule has 1 saturated carbocycles. The number of piperidine rings is 2. The van der Waals surface area contributed by atoms with E-state index in [1.165, 1.54) is 32.1 Å². The summed E-state index contributed by atoms with van der Waals surface area (Å²) in [6.45, 7) is 4.23. The number of carbonyl (C=O) groups excluding carboxylic acids is 1. The predicted molar refractivity (Wildman–Crippen MR) is 100 cm³/mol. The zero-order chi connectivity index (χ0) is 17.8. The Kier molecular flexibility index (Phi) is 5.84. The van der Waals surface area contributed by atoms with Gasteiger partial charge in [0.25, 0.3) is 5.91 Å². The van der Waals surface area contributed by atoms with Crippen molar-refractivity contribution in [2.75, 3.05) is 26.2 Å². The van der Waals surface area contributed by atoms with Gasteiger partial charge in [-0.2, -0.15) is 0 Å². The van der Waals surface area contributed by atoms with Crippen LogP contribution < -0.4 is 10.6 Å². The second-order valence-corrected chi connectivity index (χ2v) is 8.14. The summed E-state index contributed by atoms with van der Waals surface area (Å²) in [4.78, 5) is 15.2. The van der Waals surface area contributed by atoms with Crippen LogP contribution in [0.15, 0.2) is 6.20 Å². The van der Waals surface area contributed by atoms with Gasteiger partial charge in [0.05, 0.1) is 12.2 Å². The van der Waals surface area contributed by atoms with Gasteiger partial charge in [-0.05, 0) is 51.6 Å². The van der Waals surface area contributed by atoms with Crippen molar-refractivity contribution in [3.05, 3.63) is 11.9 Å². The van der Waals surface area contributed by atoms with Crippen LogP contribution in [0.5, 0.6) is 0 Å². The highest BCUT2D eigenvalue weighted by molar-refractivity contribution is 5.92. The van der Waals surface area contributed by atoms with Gasteiger partial charge >= 0.3 is 0 Å². The monoisotopic (exact) mass is 360 g/mol. The number of nitrogens with zero attached hydrogens (tertiary/aromatic N) is 4. The van der Waals surface area contributed by atoms with Crippen LogP contribution in [0.4, 0.5) is 0 Å². The number of aromatic nitrogens is 3. The highest BCUT2D eigenvalue weighted by atomic mass is 16.2. The molecule has 0 atom stereocenters. The van der Waals surface area contributed by atoms with Crippen LogP contribution >= 0.6 is 0 Å². The van der Waals surface area contributed by atoms with Crippen LogP contribution in [0, 0.1) is 0 Å². The first-order valence-electron chi connectivity index (χ1n) is 10.5. The van der Waals surface area contributed by atoms with Gasteiger partial charge in [-0.3, -0.25) is 4.79 Å². The lowest BCUT2D eigenvalue weighted by molar-refractivity contribution is 0.0861. The third-order valence-corrected chi connectivity index (χ3v) is 6.38. The van der Waals surface area contributed by atoms with E-state index < -0.39 is 0 Å². The molecular weight excluding hydrogens is 328 g/mol. The molecule has 0 aromatic carbocycles. The number of amides is 1. The molecule has 2 N–H and O–H groups in total. The first kappa shape index (κ1) is 17.9. The number of likely N-dealkylation sites (tertiary alicyclic amines) is 1. The molecule has 0 spiro atoms. The van der Waals surface area contributed by atoms with Crippen LogP contribution in [0.1, 0.15) is 74.3 Å². The third-order valence-electron chi connectivity index (χ3n) is 6.38. The highest BCUT2D eigenvalue weighted by Gasteiger charge is 2.27. The first-order valence-corrected chi connectivity index (χ1v) is 10.5. The Morgan fingerprint density at radius 1 is 1.00 bits per heavy atom. The van der Waals surface area contributed by atoms with Gasteiger partial charge in [0.15, 0.2) is 5.69 Å². The van der Waals surface area contributed by atoms with Crippen molar-refractivity contribution >= 4 is 5.91 Å². The van der Waals surface area contributed by atoms with Crippen molar-refractivity contribution in [3.8, 4) is 0 Å². The lowest BCUT2D eigenvalue weighted by atomic mass is 9.92. The van der Waals surface area contributed by atoms with Gasteiger partial charge in [-0.15, -0.1) is 5.10 Å². The molecule has 0 radical (unpaired) electrons. The van der Waals surface area contributed by atoms with Crippen molar-refractivity contribution in [3.63, 3.8) is 0 Å². The van der Waals surface area contributed by atoms with Gasteiger partial charge in [0.1, 0.15) is 0 Å². The SMILES string of the molecule is O=C(NC1CCN(C2CCCCC2)CC1)c1cn(C2CCNCC2)nn1. The highest BCUT2D eigenvalue weighted by Crippen LogP contribution is 2.25. The van der Waals surface area contributed by atoms with E-state index in [1.807, 2.05) is 10.9 Å². The molecule has 7 heteroatoms. The molecule has 0 bridgehead atoms. The zero-order valence-electron chi connectivity index (χ0n) is 15.7. The molecule has 2 saturated heterocycles. The molecule has 7 nitrogen and oxygen atoms in total. The smallest absolute Gasteiger partial charge is 0.273 e. The van der Waals surface area contributed by atoms with Crippen LogP contribution in [-0.2, 0) is 0 Å². The lowest BCUT2D eigenvalue weighted by Crippen LogP contribution is -2.48. The normalized spacial score (nSPS) is 24.6. The molecular formula is C19H32N6O. The van der Waals surface area contributed by atoms with Crippen molar-refractivity contribution in [1.29, 1.82) is 0 Å². The Labute approximate surface area is 155 Å². The maximum atomic E-state index is 12.5. The van der Waals surface area contributed by atoms with Crippen LogP contribution in [0.2, 0.25) is 0 Å². The minimum Gasteiger partial charge on any atom is -0.348 e. The molecule has 1 aromatic rings. The number of hydrogen-bond donors (Lipinski definition) is 2. The van der Waals surface area contributed by atoms with Crippen molar-refractivity contribution in [2.45, 2.75) is 75.9 Å². The zero-order valence-corrected chi connectivity index (χ0v) is 15.7. The summed E-state index contributed by atoms with van der Waals surface area (Å²) in [5.74, 6) is -0.0682. The van der Waals surface area contributed by atoms with Gasteiger partial charge in [0.2, 0.25) is 0 Å². The second-order valence-electron chi connectivity index (χ2n) is 8.14. The number of rotatable bonds is 4. The van der Waals surface area contributed by atoms with E-state index in [4.69, 9.17) is 0 Å². The minimum atomic E-state index is -0.0682. The Morgan fingerprint density at radius 2 is 1.73 bits per heavy atom. The predicted octanol–water partition coefficient (Wildman–Crippen LogP) is 1.73. The number of nitrogens with one attached hydrogen (secondary N) is 2. The first-order chi connectivity index (χ1) is 12.8. The van der Waals surface area contributed by atoms with E-state index in [0.29, 0.717) is 11.7 Å². The van der Waals surface area contributed by atoms with Gasteiger partial charge in [-0.1, -0.05) is 24.5 Å². The molecule has 26 heavy (non-hydrogen) atoms. The van der Waals surface area contributed by atoms with Gasteiger partial charge in [0, 0.05) is 25.2 Å². The molecule has 3 aliphatic rings. The molecule has 1 aromatic heterocycles. The fraction of sp³-hybridized carbons (Fsp3) is 0.842. The summed E-state index contributed by atoms with van der Waals surface area (Å²) in [6.07, 6.45) is 12.9. The van der Waals surface area contributed by atoms with E-state index in [0.717, 1.165) is 57.9 Å². The lowest BCUT2D eigenvalue weighted by Gasteiger charge is -2.39. The molecule has 1 aliphatic carbocycles. The molecule has 0 unspecified atom stereocenters.